The SMILES string of the molecule is COC(=O)CCOCCOCCOCCOCCOCCOCCOCCOCCOCCN(C)C(=O)OC(C)(C)C. The average Bonchev–Trinajstić information content (AvgIpc) is 2.95. The molecule has 0 aromatic carbocycles. The molecular formula is C28H55NO13. The Kier molecular flexibility index (Phi) is 28.3. The number of methoxy groups -OCH3 is 1. The molecule has 0 aliphatic heterocycles. The standard InChI is InChI=1S/C28H55NO13/c1-28(2,3)42-27(31)29(4)7-9-34-11-13-36-15-17-38-19-21-40-23-25-41-24-22-39-20-18-37-16-14-35-12-10-33-8-6-26(30)32-5/h6-25H2,1-5H3. The van der Waals surface area contributed by atoms with E-state index in [0.717, 1.165) is 0 Å². The molecule has 0 spiro atoms. The zero-order chi connectivity index (χ0) is 31.2. The number of amides is 1. The Morgan fingerprint density at radius 3 is 1.07 bits per heavy atom. The molecule has 0 atom stereocenters. The van der Waals surface area contributed by atoms with Crippen molar-refractivity contribution >= 4 is 12.1 Å². The molecule has 0 aliphatic carbocycles. The number of carbonyl (C=O) groups is 2. The van der Waals surface area contributed by atoms with Crippen LogP contribution in [0.25, 0.3) is 0 Å². The molecule has 42 heavy (non-hydrogen) atoms. The molecule has 0 fully saturated rings. The summed E-state index contributed by atoms with van der Waals surface area (Å²) in [6.07, 6.45) is -0.125. The fourth-order valence-electron chi connectivity index (χ4n) is 2.75. The molecule has 0 saturated carbocycles. The van der Waals surface area contributed by atoms with Crippen LogP contribution < -0.4 is 0 Å². The number of ether oxygens (including phenoxy) is 11. The number of likely N-dealkylation sites (N-methyl/N-ethyl adjacent to an activating group) is 1. The second-order valence-electron chi connectivity index (χ2n) is 9.74. The molecule has 0 heterocycles. The van der Waals surface area contributed by atoms with Gasteiger partial charge in [-0.15, -0.1) is 0 Å². The normalized spacial score (nSPS) is 11.5. The van der Waals surface area contributed by atoms with Crippen molar-refractivity contribution < 1.29 is 61.7 Å². The highest BCUT2D eigenvalue weighted by Gasteiger charge is 2.19. The van der Waals surface area contributed by atoms with E-state index in [-0.39, 0.29) is 18.5 Å². The van der Waals surface area contributed by atoms with Gasteiger partial charge in [0.15, 0.2) is 0 Å². The van der Waals surface area contributed by atoms with Crippen molar-refractivity contribution in [3.05, 3.63) is 0 Å². The van der Waals surface area contributed by atoms with Crippen LogP contribution in [-0.2, 0) is 56.9 Å². The molecule has 0 aromatic rings. The first kappa shape index (κ1) is 40.4. The molecule has 0 aromatic heterocycles. The fraction of sp³-hybridized carbons (Fsp3) is 0.929. The summed E-state index contributed by atoms with van der Waals surface area (Å²) >= 11 is 0. The minimum absolute atomic E-state index is 0.242. The number of hydrogen-bond acceptors (Lipinski definition) is 13. The van der Waals surface area contributed by atoms with Gasteiger partial charge in [-0.05, 0) is 20.8 Å². The molecule has 0 unspecified atom stereocenters. The van der Waals surface area contributed by atoms with Gasteiger partial charge < -0.3 is 57.0 Å². The highest BCUT2D eigenvalue weighted by atomic mass is 16.6. The molecule has 0 saturated heterocycles. The summed E-state index contributed by atoms with van der Waals surface area (Å²) in [5.74, 6) is -0.289. The predicted molar refractivity (Wildman–Crippen MR) is 153 cm³/mol. The minimum atomic E-state index is -0.511. The van der Waals surface area contributed by atoms with Crippen molar-refractivity contribution in [2.45, 2.75) is 32.8 Å². The van der Waals surface area contributed by atoms with Gasteiger partial charge in [0.1, 0.15) is 5.60 Å². The second kappa shape index (κ2) is 29.5. The van der Waals surface area contributed by atoms with Gasteiger partial charge in [0.2, 0.25) is 0 Å². The summed E-state index contributed by atoms with van der Waals surface area (Å²) in [6, 6.07) is 0. The lowest BCUT2D eigenvalue weighted by Gasteiger charge is -2.24. The highest BCUT2D eigenvalue weighted by Crippen LogP contribution is 2.08. The van der Waals surface area contributed by atoms with E-state index < -0.39 is 5.60 Å². The van der Waals surface area contributed by atoms with Gasteiger partial charge >= 0.3 is 12.1 Å². The van der Waals surface area contributed by atoms with Gasteiger partial charge in [0.25, 0.3) is 0 Å². The first-order valence-electron chi connectivity index (χ1n) is 14.5. The lowest BCUT2D eigenvalue weighted by molar-refractivity contribution is -0.141. The van der Waals surface area contributed by atoms with Crippen LogP contribution in [0.5, 0.6) is 0 Å². The Labute approximate surface area is 251 Å². The van der Waals surface area contributed by atoms with Gasteiger partial charge in [-0.25, -0.2) is 4.79 Å². The molecule has 0 radical (unpaired) electrons. The van der Waals surface area contributed by atoms with Crippen LogP contribution >= 0.6 is 0 Å². The fourth-order valence-corrected chi connectivity index (χ4v) is 2.75. The van der Waals surface area contributed by atoms with Crippen LogP contribution in [0.3, 0.4) is 0 Å². The Bertz CT molecular complexity index is 619. The van der Waals surface area contributed by atoms with Crippen molar-refractivity contribution in [2.75, 3.05) is 140 Å². The molecule has 0 rings (SSSR count). The summed E-state index contributed by atoms with van der Waals surface area (Å²) in [5, 5.41) is 0. The first-order valence-corrected chi connectivity index (χ1v) is 14.5. The van der Waals surface area contributed by atoms with Gasteiger partial charge in [0, 0.05) is 13.6 Å². The summed E-state index contributed by atoms with van der Waals surface area (Å²) in [5.41, 5.74) is -0.511. The number of esters is 1. The molecule has 14 heteroatoms. The van der Waals surface area contributed by atoms with Crippen LogP contribution in [0.4, 0.5) is 4.79 Å². The van der Waals surface area contributed by atoms with Crippen molar-refractivity contribution in [2.24, 2.45) is 0 Å². The summed E-state index contributed by atoms with van der Waals surface area (Å²) in [6.45, 7) is 14.2. The van der Waals surface area contributed by atoms with Crippen LogP contribution in [0.1, 0.15) is 27.2 Å². The van der Waals surface area contributed by atoms with Crippen molar-refractivity contribution in [3.8, 4) is 0 Å². The van der Waals surface area contributed by atoms with Gasteiger partial charge in [-0.1, -0.05) is 0 Å². The third-order valence-electron chi connectivity index (χ3n) is 4.93. The zero-order valence-corrected chi connectivity index (χ0v) is 26.4. The van der Waals surface area contributed by atoms with E-state index in [0.29, 0.717) is 125 Å². The third kappa shape index (κ3) is 31.3. The molecule has 0 aliphatic rings. The van der Waals surface area contributed by atoms with Crippen molar-refractivity contribution in [3.63, 3.8) is 0 Å². The summed E-state index contributed by atoms with van der Waals surface area (Å²) in [7, 11) is 3.03. The number of nitrogens with zero attached hydrogens (tertiary/aromatic N) is 1. The molecule has 0 N–H and O–H groups in total. The van der Waals surface area contributed by atoms with Crippen LogP contribution in [0.2, 0.25) is 0 Å². The minimum Gasteiger partial charge on any atom is -0.469 e. The van der Waals surface area contributed by atoms with Crippen LogP contribution in [0.15, 0.2) is 0 Å². The van der Waals surface area contributed by atoms with E-state index in [1.807, 2.05) is 20.8 Å². The second-order valence-corrected chi connectivity index (χ2v) is 9.74. The smallest absolute Gasteiger partial charge is 0.410 e. The van der Waals surface area contributed by atoms with Crippen molar-refractivity contribution in [1.29, 1.82) is 0 Å². The topological polar surface area (TPSA) is 139 Å². The van der Waals surface area contributed by atoms with Crippen molar-refractivity contribution in [1.82, 2.24) is 4.90 Å². The number of hydrogen-bond donors (Lipinski definition) is 0. The van der Waals surface area contributed by atoms with E-state index in [1.54, 1.807) is 7.05 Å². The van der Waals surface area contributed by atoms with Gasteiger partial charge in [-0.2, -0.15) is 0 Å². The molecule has 0 bridgehead atoms. The Morgan fingerprint density at radius 2 is 0.786 bits per heavy atom. The van der Waals surface area contributed by atoms with Crippen LogP contribution in [-0.4, -0.2) is 162 Å². The first-order chi connectivity index (χ1) is 20.3. The maximum Gasteiger partial charge on any atom is 0.410 e. The molecule has 250 valence electrons. The number of rotatable bonds is 30. The quantitative estimate of drug-likeness (QED) is 0.0856. The molecule has 1 amide bonds. The van der Waals surface area contributed by atoms with E-state index in [1.165, 1.54) is 12.0 Å². The van der Waals surface area contributed by atoms with E-state index in [4.69, 9.17) is 47.4 Å². The maximum atomic E-state index is 11.8. The Hall–Kier alpha value is -1.62. The summed E-state index contributed by atoms with van der Waals surface area (Å²) < 4.78 is 58.5. The van der Waals surface area contributed by atoms with Gasteiger partial charge in [0.05, 0.1) is 132 Å². The van der Waals surface area contributed by atoms with E-state index in [2.05, 4.69) is 4.74 Å². The van der Waals surface area contributed by atoms with Gasteiger partial charge in [-0.3, -0.25) is 4.79 Å². The highest BCUT2D eigenvalue weighted by molar-refractivity contribution is 5.69. The Morgan fingerprint density at radius 1 is 0.500 bits per heavy atom. The number of carbonyl (C=O) groups excluding carboxylic acids is 2. The molecule has 14 nitrogen and oxygen atoms in total. The Balaban J connectivity index is 3.17. The van der Waals surface area contributed by atoms with Crippen LogP contribution in [0, 0.1) is 0 Å². The monoisotopic (exact) mass is 613 g/mol. The lowest BCUT2D eigenvalue weighted by atomic mass is 10.2. The van der Waals surface area contributed by atoms with E-state index in [9.17, 15) is 9.59 Å². The predicted octanol–water partition coefficient (Wildman–Crippen LogP) is 1.57. The van der Waals surface area contributed by atoms with E-state index >= 15 is 0 Å². The molecular weight excluding hydrogens is 558 g/mol. The third-order valence-corrected chi connectivity index (χ3v) is 4.93. The largest absolute Gasteiger partial charge is 0.469 e. The maximum absolute atomic E-state index is 11.8. The average molecular weight is 614 g/mol. The zero-order valence-electron chi connectivity index (χ0n) is 26.4. The lowest BCUT2D eigenvalue weighted by Crippen LogP contribution is -2.36. The summed E-state index contributed by atoms with van der Waals surface area (Å²) in [4.78, 5) is 24.2.